The van der Waals surface area contributed by atoms with Crippen LogP contribution >= 0.6 is 11.3 Å². The number of benzene rings is 1. The maximum Gasteiger partial charge on any atom is 0.295 e. The number of nitrogens with zero attached hydrogens (tertiary/aromatic N) is 4. The lowest BCUT2D eigenvalue weighted by Gasteiger charge is -2.28. The zero-order valence-electron chi connectivity index (χ0n) is 22.1. The van der Waals surface area contributed by atoms with Gasteiger partial charge in [0.2, 0.25) is 0 Å². The van der Waals surface area contributed by atoms with Crippen LogP contribution in [0.15, 0.2) is 53.7 Å². The number of piperidine rings is 1. The number of allylic oxidation sites excluding steroid dienone is 1. The van der Waals surface area contributed by atoms with Crippen molar-refractivity contribution in [2.75, 3.05) is 33.4 Å². The molecule has 0 radical (unpaired) electrons. The molecule has 5 rings (SSSR count). The van der Waals surface area contributed by atoms with E-state index in [0.29, 0.717) is 58.9 Å². The third kappa shape index (κ3) is 5.45. The van der Waals surface area contributed by atoms with Gasteiger partial charge < -0.3 is 25.0 Å². The minimum atomic E-state index is -0.689. The molecule has 0 atom stereocenters. The highest BCUT2D eigenvalue weighted by atomic mass is 32.1. The van der Waals surface area contributed by atoms with Crippen LogP contribution in [0.4, 0.5) is 0 Å². The average molecular weight is 571 g/mol. The molecule has 1 aliphatic heterocycles. The molecule has 4 heterocycles. The normalized spacial score (nSPS) is 13.1. The Labute approximate surface area is 239 Å². The Kier molecular flexibility index (Phi) is 8.19. The van der Waals surface area contributed by atoms with E-state index in [4.69, 9.17) is 9.84 Å². The summed E-state index contributed by atoms with van der Waals surface area (Å²) in [7, 11) is 1.45. The number of aliphatic hydroxyl groups is 1. The topological polar surface area (TPSA) is 161 Å². The van der Waals surface area contributed by atoms with Crippen LogP contribution in [0.5, 0.6) is 5.75 Å². The highest BCUT2D eigenvalue weighted by Gasteiger charge is 2.30. The summed E-state index contributed by atoms with van der Waals surface area (Å²) in [6.45, 7) is 0.564. The minimum Gasteiger partial charge on any atom is -0.494 e. The summed E-state index contributed by atoms with van der Waals surface area (Å²) in [5.74, 6) is -1.44. The van der Waals surface area contributed by atoms with Crippen LogP contribution in [0.25, 0.3) is 27.2 Å². The maximum atomic E-state index is 13.5. The number of pyridine rings is 1. The van der Waals surface area contributed by atoms with E-state index in [1.807, 2.05) is 30.3 Å². The molecule has 4 aromatic rings. The zero-order chi connectivity index (χ0) is 28.9. The number of hydrogen-bond acceptors (Lipinski definition) is 9. The maximum absolute atomic E-state index is 13.5. The fraction of sp³-hybridized carbons (Fsp3) is 0.241. The summed E-state index contributed by atoms with van der Waals surface area (Å²) in [5.41, 5.74) is 3.58. The molecule has 1 aromatic carbocycles. The third-order valence-corrected chi connectivity index (χ3v) is 7.70. The average Bonchev–Trinajstić information content (AvgIpc) is 3.69. The predicted octanol–water partition coefficient (Wildman–Crippen LogP) is 3.20. The molecule has 1 aliphatic rings. The zero-order valence-corrected chi connectivity index (χ0v) is 23.0. The lowest BCUT2D eigenvalue weighted by Crippen LogP contribution is -2.40. The van der Waals surface area contributed by atoms with Gasteiger partial charge in [0, 0.05) is 31.2 Å². The van der Waals surface area contributed by atoms with Crippen molar-refractivity contribution >= 4 is 45.4 Å². The number of hydrogen-bond donors (Lipinski definition) is 3. The Morgan fingerprint density at radius 2 is 1.98 bits per heavy atom. The van der Waals surface area contributed by atoms with E-state index >= 15 is 0 Å². The molecule has 41 heavy (non-hydrogen) atoms. The second-order valence-corrected chi connectivity index (χ2v) is 10.1. The smallest absolute Gasteiger partial charge is 0.295 e. The van der Waals surface area contributed by atoms with Crippen LogP contribution in [-0.2, 0) is 4.79 Å². The number of carbonyl (C=O) groups is 3. The van der Waals surface area contributed by atoms with Gasteiger partial charge in [-0.3, -0.25) is 14.4 Å². The molecule has 0 unspecified atom stereocenters. The van der Waals surface area contributed by atoms with E-state index < -0.39 is 17.6 Å². The van der Waals surface area contributed by atoms with Crippen molar-refractivity contribution in [1.82, 2.24) is 25.2 Å². The number of thiazole rings is 1. The number of ether oxygens (including phenoxy) is 1. The van der Waals surface area contributed by atoms with Crippen LogP contribution in [0.1, 0.15) is 39.3 Å². The van der Waals surface area contributed by atoms with Crippen molar-refractivity contribution in [3.63, 3.8) is 0 Å². The minimum absolute atomic E-state index is 0.105. The summed E-state index contributed by atoms with van der Waals surface area (Å²) < 4.78 is 5.47. The van der Waals surface area contributed by atoms with Crippen molar-refractivity contribution in [3.8, 4) is 22.5 Å². The Morgan fingerprint density at radius 1 is 1.22 bits per heavy atom. The predicted molar refractivity (Wildman–Crippen MR) is 152 cm³/mol. The Bertz CT molecular complexity index is 1690. The Hall–Kier alpha value is -4.86. The number of aliphatic hydroxyl groups excluding tert-OH is 1. The summed E-state index contributed by atoms with van der Waals surface area (Å²) in [5, 5.41) is 23.6. The van der Waals surface area contributed by atoms with Crippen molar-refractivity contribution < 1.29 is 24.2 Å². The van der Waals surface area contributed by atoms with E-state index in [2.05, 4.69) is 26.3 Å². The number of likely N-dealkylation sites (tertiary alicyclic amines) is 1. The Morgan fingerprint density at radius 3 is 2.66 bits per heavy atom. The molecular weight excluding hydrogens is 544 g/mol. The number of methoxy groups -OCH3 is 1. The van der Waals surface area contributed by atoms with Gasteiger partial charge in [0.1, 0.15) is 22.1 Å². The molecule has 0 aliphatic carbocycles. The monoisotopic (exact) mass is 570 g/mol. The second kappa shape index (κ2) is 12.1. The molecule has 3 aromatic heterocycles. The molecule has 11 nitrogen and oxygen atoms in total. The van der Waals surface area contributed by atoms with Crippen LogP contribution in [0, 0.1) is 11.3 Å². The van der Waals surface area contributed by atoms with Gasteiger partial charge in [-0.1, -0.05) is 30.3 Å². The number of fused-ring (bicyclic) bond motifs is 1. The first-order valence-electron chi connectivity index (χ1n) is 12.9. The highest BCUT2D eigenvalue weighted by Crippen LogP contribution is 2.36. The first-order chi connectivity index (χ1) is 20.0. The molecule has 0 spiro atoms. The van der Waals surface area contributed by atoms with Crippen LogP contribution in [0.3, 0.4) is 0 Å². The van der Waals surface area contributed by atoms with Crippen molar-refractivity contribution in [2.45, 2.75) is 12.8 Å². The summed E-state index contributed by atoms with van der Waals surface area (Å²) in [6, 6.07) is 11.7. The van der Waals surface area contributed by atoms with Gasteiger partial charge in [-0.15, -0.1) is 11.3 Å². The number of Topliss-reactive ketones (excluding diaryl/α,β-unsaturated/α-hetero) is 1. The van der Waals surface area contributed by atoms with E-state index in [1.165, 1.54) is 35.7 Å². The molecule has 3 N–H and O–H groups in total. The van der Waals surface area contributed by atoms with Crippen LogP contribution in [0.2, 0.25) is 0 Å². The van der Waals surface area contributed by atoms with Crippen molar-refractivity contribution in [2.24, 2.45) is 0 Å². The molecule has 208 valence electrons. The lowest BCUT2D eigenvalue weighted by atomic mass is 9.93. The molecule has 1 fully saturated rings. The third-order valence-electron chi connectivity index (χ3n) is 6.85. The second-order valence-electron chi connectivity index (χ2n) is 9.22. The van der Waals surface area contributed by atoms with E-state index in [9.17, 15) is 19.6 Å². The van der Waals surface area contributed by atoms with Crippen molar-refractivity contribution in [1.29, 1.82) is 5.26 Å². The number of nitriles is 1. The number of aromatic nitrogens is 3. The SMILES string of the molecule is COc1cnc(-c2nc(C(=O)NCCO)cs2)c2[nH]cc(C(=O)C(=O)N3CCC(=C(C#N)c4ccccc4)CC3)c12. The van der Waals surface area contributed by atoms with E-state index in [-0.39, 0.29) is 24.4 Å². The van der Waals surface area contributed by atoms with Gasteiger partial charge in [0.25, 0.3) is 17.6 Å². The van der Waals surface area contributed by atoms with Gasteiger partial charge in [0.15, 0.2) is 0 Å². The first kappa shape index (κ1) is 27.7. The lowest BCUT2D eigenvalue weighted by molar-refractivity contribution is -0.126. The fourth-order valence-corrected chi connectivity index (χ4v) is 5.60. The standard InChI is InChI=1S/C29H26N6O5S/c1-40-22-15-33-25(28-34-21(16-41-28)27(38)31-9-12-36)24-23(22)20(14-32-24)26(37)29(39)35-10-7-18(8-11-35)19(13-30)17-5-3-2-4-6-17/h2-6,14-16,32,36H,7-12H2,1H3,(H,31,38). The fourth-order valence-electron chi connectivity index (χ4n) is 4.80. The molecule has 1 saturated heterocycles. The number of nitrogens with one attached hydrogen (secondary N) is 2. The van der Waals surface area contributed by atoms with Gasteiger partial charge in [-0.05, 0) is 24.0 Å². The van der Waals surface area contributed by atoms with Crippen LogP contribution < -0.4 is 10.1 Å². The molecular formula is C29H26N6O5S. The van der Waals surface area contributed by atoms with Gasteiger partial charge in [0.05, 0.1) is 48.0 Å². The number of amides is 2. The number of carbonyl (C=O) groups excluding carboxylic acids is 3. The Balaban J connectivity index is 1.39. The molecule has 0 saturated carbocycles. The van der Waals surface area contributed by atoms with Gasteiger partial charge in [-0.25, -0.2) is 9.97 Å². The number of aromatic amines is 1. The van der Waals surface area contributed by atoms with Crippen molar-refractivity contribution in [3.05, 3.63) is 70.5 Å². The highest BCUT2D eigenvalue weighted by molar-refractivity contribution is 7.13. The van der Waals surface area contributed by atoms with Crippen LogP contribution in [-0.4, -0.2) is 75.9 Å². The molecule has 0 bridgehead atoms. The summed E-state index contributed by atoms with van der Waals surface area (Å²) in [4.78, 5) is 52.4. The molecule has 2 amide bonds. The quantitative estimate of drug-likeness (QED) is 0.165. The number of rotatable bonds is 8. The number of ketones is 1. The summed E-state index contributed by atoms with van der Waals surface area (Å²) >= 11 is 1.20. The molecule has 12 heteroatoms. The van der Waals surface area contributed by atoms with Gasteiger partial charge in [-0.2, -0.15) is 5.26 Å². The number of H-pyrrole nitrogens is 1. The van der Waals surface area contributed by atoms with Gasteiger partial charge >= 0.3 is 0 Å². The first-order valence-corrected chi connectivity index (χ1v) is 13.7. The summed E-state index contributed by atoms with van der Waals surface area (Å²) in [6.07, 6.45) is 3.91. The largest absolute Gasteiger partial charge is 0.494 e. The van der Waals surface area contributed by atoms with E-state index in [0.717, 1.165) is 11.1 Å². The van der Waals surface area contributed by atoms with E-state index in [1.54, 1.807) is 5.38 Å².